The molecule has 1 saturated heterocycles. The molecule has 0 bridgehead atoms. The highest BCUT2D eigenvalue weighted by Gasteiger charge is 2.35. The van der Waals surface area contributed by atoms with E-state index in [9.17, 15) is 14.4 Å². The van der Waals surface area contributed by atoms with Crippen molar-refractivity contribution in [2.75, 3.05) is 13.7 Å². The lowest BCUT2D eigenvalue weighted by molar-refractivity contribution is -0.143. The van der Waals surface area contributed by atoms with Gasteiger partial charge in [-0.05, 0) is 29.8 Å². The number of urea groups is 1. The molecule has 0 saturated carbocycles. The number of benzene rings is 2. The van der Waals surface area contributed by atoms with Crippen LogP contribution in [0.4, 0.5) is 4.79 Å². The van der Waals surface area contributed by atoms with Gasteiger partial charge in [0.25, 0.3) is 5.91 Å². The summed E-state index contributed by atoms with van der Waals surface area (Å²) in [5.74, 6) is -1.27. The summed E-state index contributed by atoms with van der Waals surface area (Å²) >= 11 is 12.3. The highest BCUT2D eigenvalue weighted by atomic mass is 35.5. The summed E-state index contributed by atoms with van der Waals surface area (Å²) in [6.07, 6.45) is 3.48. The largest absolute Gasteiger partial charge is 0.468 e. The summed E-state index contributed by atoms with van der Waals surface area (Å²) in [5.41, 5.74) is 2.65. The number of halogens is 2. The number of hydrogen-bond donors (Lipinski definition) is 1. The van der Waals surface area contributed by atoms with Crippen LogP contribution in [0.5, 0.6) is 0 Å². The zero-order valence-electron chi connectivity index (χ0n) is 16.4. The number of imide groups is 1. The van der Waals surface area contributed by atoms with Crippen molar-refractivity contribution in [1.82, 2.24) is 14.8 Å². The third-order valence-corrected chi connectivity index (χ3v) is 5.54. The Kier molecular flexibility index (Phi) is 5.71. The van der Waals surface area contributed by atoms with E-state index in [4.69, 9.17) is 23.2 Å². The summed E-state index contributed by atoms with van der Waals surface area (Å²) in [7, 11) is 1.19. The van der Waals surface area contributed by atoms with Gasteiger partial charge in [0.15, 0.2) is 0 Å². The van der Waals surface area contributed by atoms with Gasteiger partial charge in [-0.25, -0.2) is 9.69 Å². The molecule has 1 aliphatic rings. The molecule has 3 amide bonds. The minimum absolute atomic E-state index is 0.0846. The maximum absolute atomic E-state index is 12.6. The van der Waals surface area contributed by atoms with Gasteiger partial charge in [-0.3, -0.25) is 9.59 Å². The third kappa shape index (κ3) is 4.15. The average molecular weight is 458 g/mol. The fraction of sp³-hybridized carbons (Fsp3) is 0.136. The van der Waals surface area contributed by atoms with Gasteiger partial charge in [0.05, 0.1) is 7.11 Å². The number of hydrogen-bond acceptors (Lipinski definition) is 4. The first-order chi connectivity index (χ1) is 14.9. The number of carbonyl (C=O) groups is 3. The van der Waals surface area contributed by atoms with Gasteiger partial charge in [-0.2, -0.15) is 0 Å². The van der Waals surface area contributed by atoms with E-state index in [1.54, 1.807) is 18.2 Å². The average Bonchev–Trinajstić information content (AvgIpc) is 3.22. The van der Waals surface area contributed by atoms with Crippen LogP contribution in [0.3, 0.4) is 0 Å². The molecular formula is C22H17Cl2N3O4. The zero-order valence-corrected chi connectivity index (χ0v) is 17.9. The quantitative estimate of drug-likeness (QED) is 0.355. The number of para-hydroxylation sites is 1. The maximum Gasteiger partial charge on any atom is 0.329 e. The Morgan fingerprint density at radius 2 is 1.94 bits per heavy atom. The summed E-state index contributed by atoms with van der Waals surface area (Å²) in [6, 6.07) is 12.4. The molecule has 9 heteroatoms. The van der Waals surface area contributed by atoms with Crippen molar-refractivity contribution in [3.8, 4) is 0 Å². The number of nitrogens with one attached hydrogen (secondary N) is 1. The molecule has 0 atom stereocenters. The molecule has 1 aromatic heterocycles. The lowest BCUT2D eigenvalue weighted by Crippen LogP contribution is -2.36. The van der Waals surface area contributed by atoms with Gasteiger partial charge in [0.2, 0.25) is 0 Å². The Labute approximate surface area is 187 Å². The van der Waals surface area contributed by atoms with E-state index in [2.05, 4.69) is 10.1 Å². The monoisotopic (exact) mass is 457 g/mol. The molecule has 1 N–H and O–H groups in total. The molecule has 1 fully saturated rings. The minimum atomic E-state index is -0.679. The van der Waals surface area contributed by atoms with E-state index in [1.165, 1.54) is 7.11 Å². The predicted octanol–water partition coefficient (Wildman–Crippen LogP) is 4.06. The van der Waals surface area contributed by atoms with Gasteiger partial charge in [-0.1, -0.05) is 47.5 Å². The number of fused-ring (bicyclic) bond motifs is 1. The number of nitrogens with zero attached hydrogens (tertiary/aromatic N) is 2. The molecule has 0 radical (unpaired) electrons. The Bertz CT molecular complexity index is 1250. The number of aromatic nitrogens is 1. The van der Waals surface area contributed by atoms with Gasteiger partial charge in [0, 0.05) is 39.3 Å². The molecule has 0 unspecified atom stereocenters. The molecule has 7 nitrogen and oxygen atoms in total. The maximum atomic E-state index is 12.6. The predicted molar refractivity (Wildman–Crippen MR) is 118 cm³/mol. The molecule has 2 heterocycles. The molecular weight excluding hydrogens is 441 g/mol. The van der Waals surface area contributed by atoms with E-state index in [0.717, 1.165) is 26.9 Å². The summed E-state index contributed by atoms with van der Waals surface area (Å²) in [4.78, 5) is 37.0. The fourth-order valence-electron chi connectivity index (χ4n) is 3.42. The van der Waals surface area contributed by atoms with E-state index in [-0.39, 0.29) is 5.70 Å². The number of methoxy groups -OCH3 is 1. The van der Waals surface area contributed by atoms with Crippen LogP contribution in [-0.4, -0.2) is 41.0 Å². The van der Waals surface area contributed by atoms with Gasteiger partial charge in [-0.15, -0.1) is 0 Å². The summed E-state index contributed by atoms with van der Waals surface area (Å²) in [5, 5.41) is 4.53. The van der Waals surface area contributed by atoms with Crippen LogP contribution in [0.2, 0.25) is 10.0 Å². The zero-order chi connectivity index (χ0) is 22.1. The molecule has 4 rings (SSSR count). The van der Waals surface area contributed by atoms with E-state index in [0.29, 0.717) is 16.6 Å². The van der Waals surface area contributed by atoms with Crippen LogP contribution in [0.1, 0.15) is 11.1 Å². The molecule has 0 aliphatic carbocycles. The Hall–Kier alpha value is -3.29. The lowest BCUT2D eigenvalue weighted by atomic mass is 10.1. The van der Waals surface area contributed by atoms with Gasteiger partial charge >= 0.3 is 12.0 Å². The van der Waals surface area contributed by atoms with Crippen molar-refractivity contribution in [2.45, 2.75) is 6.54 Å². The minimum Gasteiger partial charge on any atom is -0.468 e. The van der Waals surface area contributed by atoms with Crippen LogP contribution in [0.25, 0.3) is 17.0 Å². The van der Waals surface area contributed by atoms with E-state index < -0.39 is 24.5 Å². The molecule has 158 valence electrons. The number of carbonyl (C=O) groups excluding carboxylic acids is 3. The number of rotatable bonds is 5. The molecule has 2 aromatic carbocycles. The molecule has 1 aliphatic heterocycles. The summed E-state index contributed by atoms with van der Waals surface area (Å²) < 4.78 is 6.55. The Morgan fingerprint density at radius 3 is 2.68 bits per heavy atom. The second-order valence-corrected chi connectivity index (χ2v) is 7.76. The van der Waals surface area contributed by atoms with Crippen molar-refractivity contribution < 1.29 is 19.1 Å². The Balaban J connectivity index is 1.70. The topological polar surface area (TPSA) is 80.6 Å². The SMILES string of the molecule is COC(=O)CN1C(=O)NC(=Cc2cn(Cc3ccc(Cl)cc3Cl)c3ccccc23)C1=O. The van der Waals surface area contributed by atoms with Gasteiger partial charge in [0.1, 0.15) is 12.2 Å². The molecule has 3 aromatic rings. The van der Waals surface area contributed by atoms with Crippen LogP contribution in [-0.2, 0) is 20.9 Å². The van der Waals surface area contributed by atoms with Crippen molar-refractivity contribution in [3.05, 3.63) is 75.5 Å². The summed E-state index contributed by atoms with van der Waals surface area (Å²) in [6.45, 7) is 0.0454. The fourth-order valence-corrected chi connectivity index (χ4v) is 3.89. The first-order valence-electron chi connectivity index (χ1n) is 9.30. The van der Waals surface area contributed by atoms with E-state index in [1.807, 2.05) is 41.1 Å². The van der Waals surface area contributed by atoms with Crippen LogP contribution >= 0.6 is 23.2 Å². The molecule has 0 spiro atoms. The van der Waals surface area contributed by atoms with Crippen molar-refractivity contribution in [1.29, 1.82) is 0 Å². The first-order valence-corrected chi connectivity index (χ1v) is 10.1. The van der Waals surface area contributed by atoms with Crippen molar-refractivity contribution >= 4 is 58.1 Å². The molecule has 31 heavy (non-hydrogen) atoms. The standard InChI is InChI=1S/C22H17Cl2N3O4/c1-31-20(28)12-27-21(29)18(25-22(27)30)8-14-11-26(19-5-3-2-4-16(14)19)10-13-6-7-15(23)9-17(13)24/h2-9,11H,10,12H2,1H3,(H,25,30). The highest BCUT2D eigenvalue weighted by Crippen LogP contribution is 2.28. The number of esters is 1. The van der Waals surface area contributed by atoms with Gasteiger partial charge < -0.3 is 14.6 Å². The lowest BCUT2D eigenvalue weighted by Gasteiger charge is -2.08. The van der Waals surface area contributed by atoms with E-state index >= 15 is 0 Å². The second-order valence-electron chi connectivity index (χ2n) is 6.92. The van der Waals surface area contributed by atoms with Crippen molar-refractivity contribution in [2.24, 2.45) is 0 Å². The highest BCUT2D eigenvalue weighted by molar-refractivity contribution is 6.35. The third-order valence-electron chi connectivity index (χ3n) is 4.95. The van der Waals surface area contributed by atoms with Crippen LogP contribution in [0.15, 0.2) is 54.4 Å². The number of ether oxygens (including phenoxy) is 1. The Morgan fingerprint density at radius 1 is 1.16 bits per heavy atom. The second kappa shape index (κ2) is 8.45. The van der Waals surface area contributed by atoms with Crippen LogP contribution < -0.4 is 5.32 Å². The van der Waals surface area contributed by atoms with Crippen molar-refractivity contribution in [3.63, 3.8) is 0 Å². The number of amides is 3. The normalized spacial score (nSPS) is 15.1. The smallest absolute Gasteiger partial charge is 0.329 e. The first kappa shape index (κ1) is 21.0. The van der Waals surface area contributed by atoms with Crippen LogP contribution in [0, 0.1) is 0 Å².